The highest BCUT2D eigenvalue weighted by molar-refractivity contribution is 5.02. The molecule has 0 spiro atoms. The zero-order chi connectivity index (χ0) is 15.2. The van der Waals surface area contributed by atoms with Crippen molar-refractivity contribution in [1.82, 2.24) is 4.90 Å². The summed E-state index contributed by atoms with van der Waals surface area (Å²) in [5.74, 6) is 1.51. The maximum Gasteiger partial charge on any atom is 0.0365 e. The maximum atomic E-state index is 6.39. The van der Waals surface area contributed by atoms with Crippen molar-refractivity contribution in [2.45, 2.75) is 91.1 Å². The van der Waals surface area contributed by atoms with Crippen molar-refractivity contribution in [2.24, 2.45) is 17.6 Å². The average Bonchev–Trinajstić information content (AvgIpc) is 2.47. The topological polar surface area (TPSA) is 29.3 Å². The van der Waals surface area contributed by atoms with Crippen LogP contribution in [-0.2, 0) is 0 Å². The second-order valence-electron chi connectivity index (χ2n) is 7.21. The molecular weight excluding hydrogens is 244 g/mol. The molecule has 1 saturated carbocycles. The van der Waals surface area contributed by atoms with Gasteiger partial charge in [0.15, 0.2) is 0 Å². The van der Waals surface area contributed by atoms with E-state index in [0.717, 1.165) is 18.4 Å². The zero-order valence-electron chi connectivity index (χ0n) is 14.6. The number of rotatable bonds is 8. The van der Waals surface area contributed by atoms with Crippen LogP contribution in [0.25, 0.3) is 0 Å². The average molecular weight is 283 g/mol. The van der Waals surface area contributed by atoms with Crippen LogP contribution in [0.2, 0.25) is 0 Å². The first kappa shape index (κ1) is 18.0. The van der Waals surface area contributed by atoms with Gasteiger partial charge in [-0.1, -0.05) is 47.0 Å². The molecule has 0 aromatic rings. The summed E-state index contributed by atoms with van der Waals surface area (Å²) >= 11 is 0. The summed E-state index contributed by atoms with van der Waals surface area (Å²) in [6.45, 7) is 13.9. The minimum atomic E-state index is 0.261. The molecular formula is C18H38N2. The summed E-state index contributed by atoms with van der Waals surface area (Å²) in [5, 5.41) is 0. The first-order chi connectivity index (χ1) is 9.53. The summed E-state index contributed by atoms with van der Waals surface area (Å²) < 4.78 is 0. The first-order valence-corrected chi connectivity index (χ1v) is 9.00. The molecule has 1 fully saturated rings. The van der Waals surface area contributed by atoms with Crippen molar-refractivity contribution < 1.29 is 0 Å². The van der Waals surface area contributed by atoms with Crippen molar-refractivity contribution >= 4 is 0 Å². The van der Waals surface area contributed by atoms with Crippen molar-refractivity contribution in [3.63, 3.8) is 0 Å². The molecule has 2 nitrogen and oxygen atoms in total. The molecule has 3 unspecified atom stereocenters. The molecule has 0 aliphatic heterocycles. The summed E-state index contributed by atoms with van der Waals surface area (Å²) in [6, 6.07) is 0.657. The molecule has 20 heavy (non-hydrogen) atoms. The van der Waals surface area contributed by atoms with Crippen LogP contribution in [0.1, 0.15) is 79.6 Å². The van der Waals surface area contributed by atoms with Crippen LogP contribution in [0, 0.1) is 11.8 Å². The highest BCUT2D eigenvalue weighted by atomic mass is 15.2. The normalized spacial score (nSPS) is 29.1. The van der Waals surface area contributed by atoms with E-state index in [4.69, 9.17) is 5.73 Å². The molecule has 0 radical (unpaired) electrons. The molecule has 120 valence electrons. The largest absolute Gasteiger partial charge is 0.329 e. The quantitative estimate of drug-likeness (QED) is 0.713. The Hall–Kier alpha value is -0.0800. The fourth-order valence-electron chi connectivity index (χ4n) is 4.36. The zero-order valence-corrected chi connectivity index (χ0v) is 14.6. The molecule has 0 amide bonds. The number of nitrogens with two attached hydrogens (primary N) is 1. The van der Waals surface area contributed by atoms with E-state index < -0.39 is 0 Å². The van der Waals surface area contributed by atoms with E-state index in [2.05, 4.69) is 39.5 Å². The molecule has 0 aromatic carbocycles. The summed E-state index contributed by atoms with van der Waals surface area (Å²) in [4.78, 5) is 2.81. The Morgan fingerprint density at radius 2 is 1.90 bits per heavy atom. The van der Waals surface area contributed by atoms with Gasteiger partial charge in [-0.3, -0.25) is 4.90 Å². The van der Waals surface area contributed by atoms with Crippen LogP contribution >= 0.6 is 0 Å². The van der Waals surface area contributed by atoms with Gasteiger partial charge in [-0.25, -0.2) is 0 Å². The summed E-state index contributed by atoms with van der Waals surface area (Å²) in [6.07, 6.45) is 9.24. The predicted octanol–water partition coefficient (Wildman–Crippen LogP) is 4.43. The minimum absolute atomic E-state index is 0.261. The Balaban J connectivity index is 3.05. The van der Waals surface area contributed by atoms with Gasteiger partial charge in [0, 0.05) is 18.1 Å². The second-order valence-corrected chi connectivity index (χ2v) is 7.21. The smallest absolute Gasteiger partial charge is 0.0365 e. The Kier molecular flexibility index (Phi) is 7.53. The van der Waals surface area contributed by atoms with Crippen molar-refractivity contribution in [2.75, 3.05) is 13.1 Å². The van der Waals surface area contributed by atoms with Gasteiger partial charge < -0.3 is 5.73 Å². The summed E-state index contributed by atoms with van der Waals surface area (Å²) in [5.41, 5.74) is 6.65. The Morgan fingerprint density at radius 1 is 1.20 bits per heavy atom. The lowest BCUT2D eigenvalue weighted by molar-refractivity contribution is -0.0385. The number of unbranched alkanes of at least 4 members (excludes halogenated alkanes) is 1. The van der Waals surface area contributed by atoms with Gasteiger partial charge in [0.25, 0.3) is 0 Å². The molecule has 0 aromatic heterocycles. The first-order valence-electron chi connectivity index (χ1n) is 9.00. The van der Waals surface area contributed by atoms with Crippen molar-refractivity contribution in [1.29, 1.82) is 0 Å². The predicted molar refractivity (Wildman–Crippen MR) is 89.9 cm³/mol. The van der Waals surface area contributed by atoms with E-state index in [1.54, 1.807) is 0 Å². The van der Waals surface area contributed by atoms with Gasteiger partial charge in [-0.15, -0.1) is 0 Å². The third kappa shape index (κ3) is 3.76. The molecule has 1 aliphatic carbocycles. The molecule has 0 saturated heterocycles. The third-order valence-electron chi connectivity index (χ3n) is 5.67. The van der Waals surface area contributed by atoms with Gasteiger partial charge in [0.1, 0.15) is 0 Å². The molecule has 2 heteroatoms. The third-order valence-corrected chi connectivity index (χ3v) is 5.67. The van der Waals surface area contributed by atoms with E-state index in [-0.39, 0.29) is 5.54 Å². The van der Waals surface area contributed by atoms with Crippen molar-refractivity contribution in [3.8, 4) is 0 Å². The van der Waals surface area contributed by atoms with Crippen LogP contribution < -0.4 is 5.73 Å². The summed E-state index contributed by atoms with van der Waals surface area (Å²) in [7, 11) is 0. The number of hydrogen-bond acceptors (Lipinski definition) is 2. The van der Waals surface area contributed by atoms with Crippen LogP contribution in [0.5, 0.6) is 0 Å². The van der Waals surface area contributed by atoms with Crippen LogP contribution in [-0.4, -0.2) is 29.6 Å². The number of nitrogens with zero attached hydrogens (tertiary/aromatic N) is 1. The van der Waals surface area contributed by atoms with Crippen molar-refractivity contribution in [3.05, 3.63) is 0 Å². The van der Waals surface area contributed by atoms with E-state index >= 15 is 0 Å². The van der Waals surface area contributed by atoms with E-state index in [0.29, 0.717) is 6.04 Å². The fraction of sp³-hybridized carbons (Fsp3) is 1.00. The molecule has 0 bridgehead atoms. The van der Waals surface area contributed by atoms with Crippen LogP contribution in [0.15, 0.2) is 0 Å². The standard InChI is InChI=1S/C18H38N2/c1-6-8-13-20(16(5)7-2)18(14-19)12-10-9-11-17(18)15(3)4/h15-17H,6-14,19H2,1-5H3. The van der Waals surface area contributed by atoms with E-state index in [1.165, 1.54) is 51.5 Å². The fourth-order valence-corrected chi connectivity index (χ4v) is 4.36. The Morgan fingerprint density at radius 3 is 2.40 bits per heavy atom. The lowest BCUT2D eigenvalue weighted by Gasteiger charge is -2.55. The monoisotopic (exact) mass is 282 g/mol. The molecule has 0 heterocycles. The Bertz CT molecular complexity index is 264. The molecule has 1 rings (SSSR count). The number of hydrogen-bond donors (Lipinski definition) is 1. The highest BCUT2D eigenvalue weighted by Gasteiger charge is 2.46. The Labute approximate surface area is 127 Å². The minimum Gasteiger partial charge on any atom is -0.329 e. The van der Waals surface area contributed by atoms with Gasteiger partial charge >= 0.3 is 0 Å². The van der Waals surface area contributed by atoms with Crippen LogP contribution in [0.4, 0.5) is 0 Å². The second kappa shape index (κ2) is 8.38. The molecule has 1 aliphatic rings. The van der Waals surface area contributed by atoms with Crippen LogP contribution in [0.3, 0.4) is 0 Å². The lowest BCUT2D eigenvalue weighted by Crippen LogP contribution is -2.63. The SMILES string of the molecule is CCCCN(C(C)CC)C1(CN)CCCCC1C(C)C. The van der Waals surface area contributed by atoms with E-state index in [1.807, 2.05) is 0 Å². The highest BCUT2D eigenvalue weighted by Crippen LogP contribution is 2.43. The van der Waals surface area contributed by atoms with Gasteiger partial charge in [0.05, 0.1) is 0 Å². The van der Waals surface area contributed by atoms with E-state index in [9.17, 15) is 0 Å². The maximum absolute atomic E-state index is 6.39. The lowest BCUT2D eigenvalue weighted by atomic mass is 9.66. The van der Waals surface area contributed by atoms with Gasteiger partial charge in [-0.2, -0.15) is 0 Å². The molecule has 3 atom stereocenters. The van der Waals surface area contributed by atoms with Gasteiger partial charge in [0.2, 0.25) is 0 Å². The molecule has 2 N–H and O–H groups in total. The van der Waals surface area contributed by atoms with Gasteiger partial charge in [-0.05, 0) is 51.0 Å².